The van der Waals surface area contributed by atoms with Crippen molar-refractivity contribution in [3.63, 3.8) is 0 Å². The highest BCUT2D eigenvalue weighted by Crippen LogP contribution is 2.15. The number of aryl methyl sites for hydroxylation is 1. The summed E-state index contributed by atoms with van der Waals surface area (Å²) in [5.74, 6) is 0.220. The highest BCUT2D eigenvalue weighted by atomic mass is 16.3. The molecule has 1 aromatic heterocycles. The number of nitrogens with zero attached hydrogens (tertiary/aromatic N) is 3. The topological polar surface area (TPSA) is 50.9 Å². The van der Waals surface area contributed by atoms with E-state index in [2.05, 4.69) is 10.3 Å². The molecule has 4 nitrogen and oxygen atoms in total. The van der Waals surface area contributed by atoms with E-state index in [4.69, 9.17) is 5.11 Å². The molecular formula is C9H13N3O. The number of hydrogen-bond donors (Lipinski definition) is 1. The lowest BCUT2D eigenvalue weighted by atomic mass is 10.3. The van der Waals surface area contributed by atoms with Crippen molar-refractivity contribution in [2.24, 2.45) is 7.05 Å². The molecule has 13 heavy (non-hydrogen) atoms. The van der Waals surface area contributed by atoms with Gasteiger partial charge in [0, 0.05) is 13.1 Å². The Balaban J connectivity index is 0.000000396. The van der Waals surface area contributed by atoms with Gasteiger partial charge in [0.2, 0.25) is 0 Å². The summed E-state index contributed by atoms with van der Waals surface area (Å²) in [6.07, 6.45) is 0. The fourth-order valence-electron chi connectivity index (χ4n) is 1.03. The lowest BCUT2D eigenvalue weighted by molar-refractivity contribution is 0.476. The minimum atomic E-state index is 0.220. The monoisotopic (exact) mass is 179 g/mol. The van der Waals surface area contributed by atoms with Crippen LogP contribution in [0, 0.1) is 0 Å². The maximum absolute atomic E-state index is 9.06. The Labute approximate surface area is 76.8 Å². The second-order valence-electron chi connectivity index (χ2n) is 2.39. The molecule has 0 radical (unpaired) electrons. The Kier molecular flexibility index (Phi) is 2.84. The highest BCUT2D eigenvalue weighted by molar-refractivity contribution is 5.75. The van der Waals surface area contributed by atoms with Crippen LogP contribution in [0.15, 0.2) is 18.2 Å². The van der Waals surface area contributed by atoms with Crippen LogP contribution in [0.5, 0.6) is 5.75 Å². The Morgan fingerprint density at radius 2 is 2.00 bits per heavy atom. The summed E-state index contributed by atoms with van der Waals surface area (Å²) in [6.45, 7) is 4.00. The number of rotatable bonds is 0. The molecule has 0 aliphatic heterocycles. The van der Waals surface area contributed by atoms with Crippen LogP contribution in [-0.4, -0.2) is 20.1 Å². The summed E-state index contributed by atoms with van der Waals surface area (Å²) in [5.41, 5.74) is 1.63. The van der Waals surface area contributed by atoms with Crippen molar-refractivity contribution in [3.8, 4) is 5.75 Å². The van der Waals surface area contributed by atoms with Crippen molar-refractivity contribution in [1.82, 2.24) is 15.0 Å². The van der Waals surface area contributed by atoms with E-state index in [0.717, 1.165) is 5.52 Å². The molecule has 0 spiro atoms. The SMILES string of the molecule is CC.Cn1nnc2cc(O)ccc21. The maximum Gasteiger partial charge on any atom is 0.117 e. The van der Waals surface area contributed by atoms with Gasteiger partial charge >= 0.3 is 0 Å². The van der Waals surface area contributed by atoms with Crippen molar-refractivity contribution in [2.75, 3.05) is 0 Å². The molecule has 70 valence electrons. The van der Waals surface area contributed by atoms with Crippen molar-refractivity contribution in [1.29, 1.82) is 0 Å². The summed E-state index contributed by atoms with van der Waals surface area (Å²) in [4.78, 5) is 0. The molecule has 0 bridgehead atoms. The minimum absolute atomic E-state index is 0.220. The van der Waals surface area contributed by atoms with E-state index >= 15 is 0 Å². The molecule has 0 saturated heterocycles. The zero-order valence-corrected chi connectivity index (χ0v) is 8.02. The Morgan fingerprint density at radius 1 is 1.31 bits per heavy atom. The van der Waals surface area contributed by atoms with Crippen LogP contribution in [-0.2, 0) is 7.05 Å². The number of phenols is 1. The molecule has 0 atom stereocenters. The lowest BCUT2D eigenvalue weighted by Crippen LogP contribution is -1.88. The predicted molar refractivity (Wildman–Crippen MR) is 51.5 cm³/mol. The smallest absolute Gasteiger partial charge is 0.117 e. The van der Waals surface area contributed by atoms with Crippen molar-refractivity contribution < 1.29 is 5.11 Å². The van der Waals surface area contributed by atoms with Gasteiger partial charge in [-0.15, -0.1) is 5.10 Å². The van der Waals surface area contributed by atoms with Crippen molar-refractivity contribution in [2.45, 2.75) is 13.8 Å². The Morgan fingerprint density at radius 3 is 2.69 bits per heavy atom. The molecule has 0 fully saturated rings. The molecule has 1 heterocycles. The predicted octanol–water partition coefficient (Wildman–Crippen LogP) is 1.70. The van der Waals surface area contributed by atoms with Crippen LogP contribution in [0.3, 0.4) is 0 Å². The van der Waals surface area contributed by atoms with Gasteiger partial charge in [0.15, 0.2) is 0 Å². The zero-order chi connectivity index (χ0) is 9.84. The number of aromatic hydroxyl groups is 1. The first kappa shape index (κ1) is 9.51. The van der Waals surface area contributed by atoms with Gasteiger partial charge in [0.05, 0.1) is 5.52 Å². The van der Waals surface area contributed by atoms with Crippen molar-refractivity contribution in [3.05, 3.63) is 18.2 Å². The van der Waals surface area contributed by atoms with Gasteiger partial charge in [-0.2, -0.15) is 0 Å². The number of benzene rings is 1. The largest absolute Gasteiger partial charge is 0.508 e. The summed E-state index contributed by atoms with van der Waals surface area (Å²) < 4.78 is 1.66. The average Bonchev–Trinajstić information content (AvgIpc) is 2.51. The van der Waals surface area contributed by atoms with E-state index < -0.39 is 0 Å². The fraction of sp³-hybridized carbons (Fsp3) is 0.333. The van der Waals surface area contributed by atoms with E-state index in [0.29, 0.717) is 5.52 Å². The average molecular weight is 179 g/mol. The van der Waals surface area contributed by atoms with Gasteiger partial charge in [-0.05, 0) is 12.1 Å². The van der Waals surface area contributed by atoms with Crippen molar-refractivity contribution >= 4 is 11.0 Å². The van der Waals surface area contributed by atoms with Crippen LogP contribution in [0.1, 0.15) is 13.8 Å². The molecule has 0 amide bonds. The first-order valence-electron chi connectivity index (χ1n) is 4.26. The molecule has 0 saturated carbocycles. The summed E-state index contributed by atoms with van der Waals surface area (Å²) in [5, 5.41) is 16.7. The molecule has 1 aromatic carbocycles. The summed E-state index contributed by atoms with van der Waals surface area (Å²) in [7, 11) is 1.81. The summed E-state index contributed by atoms with van der Waals surface area (Å²) >= 11 is 0. The number of phenolic OH excluding ortho intramolecular Hbond substituents is 1. The normalized spacial score (nSPS) is 9.46. The van der Waals surface area contributed by atoms with Crippen LogP contribution < -0.4 is 0 Å². The van der Waals surface area contributed by atoms with Gasteiger partial charge in [0.25, 0.3) is 0 Å². The quantitative estimate of drug-likeness (QED) is 0.669. The number of aromatic nitrogens is 3. The van der Waals surface area contributed by atoms with E-state index in [1.54, 1.807) is 22.9 Å². The fourth-order valence-corrected chi connectivity index (χ4v) is 1.03. The van der Waals surface area contributed by atoms with E-state index in [1.807, 2.05) is 20.9 Å². The third-order valence-corrected chi connectivity index (χ3v) is 1.59. The first-order valence-corrected chi connectivity index (χ1v) is 4.26. The molecule has 0 unspecified atom stereocenters. The maximum atomic E-state index is 9.06. The third-order valence-electron chi connectivity index (χ3n) is 1.59. The lowest BCUT2D eigenvalue weighted by Gasteiger charge is -1.91. The second-order valence-corrected chi connectivity index (χ2v) is 2.39. The number of hydrogen-bond acceptors (Lipinski definition) is 3. The van der Waals surface area contributed by atoms with E-state index in [-0.39, 0.29) is 5.75 Å². The zero-order valence-electron chi connectivity index (χ0n) is 8.02. The standard InChI is InChI=1S/C7H7N3O.C2H6/c1-10-7-3-2-5(11)4-6(7)8-9-10;1-2/h2-4,11H,1H3;1-2H3. The highest BCUT2D eigenvalue weighted by Gasteiger charge is 1.99. The van der Waals surface area contributed by atoms with E-state index in [1.165, 1.54) is 0 Å². The molecule has 2 rings (SSSR count). The number of fused-ring (bicyclic) bond motifs is 1. The van der Waals surface area contributed by atoms with Crippen LogP contribution in [0.4, 0.5) is 0 Å². The summed E-state index contributed by atoms with van der Waals surface area (Å²) in [6, 6.07) is 4.98. The van der Waals surface area contributed by atoms with Gasteiger partial charge in [-0.25, -0.2) is 4.68 Å². The van der Waals surface area contributed by atoms with Crippen LogP contribution in [0.25, 0.3) is 11.0 Å². The molecular weight excluding hydrogens is 166 g/mol. The molecule has 2 aromatic rings. The Hall–Kier alpha value is -1.58. The van der Waals surface area contributed by atoms with Gasteiger partial charge < -0.3 is 5.11 Å². The van der Waals surface area contributed by atoms with E-state index in [9.17, 15) is 0 Å². The van der Waals surface area contributed by atoms with Crippen LogP contribution >= 0.6 is 0 Å². The first-order chi connectivity index (χ1) is 6.27. The van der Waals surface area contributed by atoms with Gasteiger partial charge in [0.1, 0.15) is 11.3 Å². The molecule has 1 N–H and O–H groups in total. The molecule has 4 heteroatoms. The Bertz CT molecular complexity index is 395. The van der Waals surface area contributed by atoms with Gasteiger partial charge in [-0.3, -0.25) is 0 Å². The minimum Gasteiger partial charge on any atom is -0.508 e. The van der Waals surface area contributed by atoms with Gasteiger partial charge in [-0.1, -0.05) is 19.1 Å². The second kappa shape index (κ2) is 3.89. The van der Waals surface area contributed by atoms with Crippen LogP contribution in [0.2, 0.25) is 0 Å². The third kappa shape index (κ3) is 1.77. The molecule has 0 aliphatic rings. The molecule has 0 aliphatic carbocycles.